The number of nitrogens with zero attached hydrogens (tertiary/aromatic N) is 2. The summed E-state index contributed by atoms with van der Waals surface area (Å²) in [5.41, 5.74) is 0.329. The molecule has 2 unspecified atom stereocenters. The number of carbonyl (C=O) groups is 1. The van der Waals surface area contributed by atoms with E-state index in [1.54, 1.807) is 6.92 Å². The summed E-state index contributed by atoms with van der Waals surface area (Å²) < 4.78 is 45.0. The van der Waals surface area contributed by atoms with Crippen LogP contribution in [0.25, 0.3) is 0 Å². The van der Waals surface area contributed by atoms with E-state index >= 15 is 0 Å². The van der Waals surface area contributed by atoms with E-state index in [1.165, 1.54) is 6.20 Å². The standard InChI is InChI=1S/C25H29F3N2O3/c1-16(24(31)32)23(18-5-6-18)19-3-2-4-21(13-19)33-15-17-8-11-30(12-9-17)22-14-20(7-10-29-22)25(26,27)28/h2-4,7,10,13-14,16-18,23H,5-6,8-9,11-12,15H2,1H3,(H,31,32). The van der Waals surface area contributed by atoms with Crippen LogP contribution >= 0.6 is 0 Å². The summed E-state index contributed by atoms with van der Waals surface area (Å²) in [4.78, 5) is 17.6. The first kappa shape index (κ1) is 23.4. The molecule has 0 bridgehead atoms. The molecule has 8 heteroatoms. The van der Waals surface area contributed by atoms with Gasteiger partial charge in [0.25, 0.3) is 0 Å². The number of aromatic nitrogens is 1. The van der Waals surface area contributed by atoms with Gasteiger partial charge in [0.05, 0.1) is 18.1 Å². The van der Waals surface area contributed by atoms with E-state index in [0.717, 1.165) is 49.1 Å². The maximum absolute atomic E-state index is 13.0. The highest BCUT2D eigenvalue weighted by Crippen LogP contribution is 2.47. The largest absolute Gasteiger partial charge is 0.493 e. The van der Waals surface area contributed by atoms with E-state index in [4.69, 9.17) is 4.74 Å². The number of halogens is 3. The highest BCUT2D eigenvalue weighted by atomic mass is 19.4. The third-order valence-electron chi connectivity index (χ3n) is 6.80. The number of hydrogen-bond acceptors (Lipinski definition) is 4. The van der Waals surface area contributed by atoms with E-state index in [-0.39, 0.29) is 5.92 Å². The summed E-state index contributed by atoms with van der Waals surface area (Å²) in [5, 5.41) is 9.50. The summed E-state index contributed by atoms with van der Waals surface area (Å²) >= 11 is 0. The van der Waals surface area contributed by atoms with Crippen molar-refractivity contribution in [1.29, 1.82) is 0 Å². The molecule has 2 heterocycles. The molecule has 0 spiro atoms. The molecular weight excluding hydrogens is 433 g/mol. The van der Waals surface area contributed by atoms with Crippen molar-refractivity contribution in [3.63, 3.8) is 0 Å². The van der Waals surface area contributed by atoms with Crippen molar-refractivity contribution in [2.75, 3.05) is 24.6 Å². The number of aliphatic carboxylic acids is 1. The number of carboxylic acid groups (broad SMARTS) is 1. The van der Waals surface area contributed by atoms with E-state index in [2.05, 4.69) is 4.98 Å². The van der Waals surface area contributed by atoms with Crippen molar-refractivity contribution >= 4 is 11.8 Å². The lowest BCUT2D eigenvalue weighted by molar-refractivity contribution is -0.142. The Bertz CT molecular complexity index is 969. The Morgan fingerprint density at radius 2 is 1.91 bits per heavy atom. The van der Waals surface area contributed by atoms with Crippen LogP contribution in [0.2, 0.25) is 0 Å². The van der Waals surface area contributed by atoms with E-state index in [1.807, 2.05) is 29.2 Å². The maximum atomic E-state index is 13.0. The fourth-order valence-electron chi connectivity index (χ4n) is 4.70. The number of anilines is 1. The molecule has 1 aromatic heterocycles. The normalized spacial score (nSPS) is 19.2. The van der Waals surface area contributed by atoms with Crippen LogP contribution in [-0.2, 0) is 11.0 Å². The molecule has 1 saturated heterocycles. The van der Waals surface area contributed by atoms with Crippen molar-refractivity contribution in [3.05, 3.63) is 53.7 Å². The monoisotopic (exact) mass is 462 g/mol. The first-order valence-corrected chi connectivity index (χ1v) is 11.5. The molecule has 5 nitrogen and oxygen atoms in total. The van der Waals surface area contributed by atoms with Crippen molar-refractivity contribution in [2.45, 2.75) is 44.7 Å². The molecule has 0 radical (unpaired) electrons. The minimum absolute atomic E-state index is 0.00532. The zero-order chi connectivity index (χ0) is 23.6. The lowest BCUT2D eigenvalue weighted by Crippen LogP contribution is -2.36. The molecule has 2 fully saturated rings. The molecule has 2 aliphatic rings. The minimum atomic E-state index is -4.38. The molecule has 33 heavy (non-hydrogen) atoms. The second-order valence-electron chi connectivity index (χ2n) is 9.20. The zero-order valence-electron chi connectivity index (χ0n) is 18.6. The number of pyridine rings is 1. The summed E-state index contributed by atoms with van der Waals surface area (Å²) in [6.07, 6.45) is 0.565. The van der Waals surface area contributed by atoms with Crippen LogP contribution in [0.5, 0.6) is 5.75 Å². The Morgan fingerprint density at radius 1 is 1.18 bits per heavy atom. The van der Waals surface area contributed by atoms with E-state index in [9.17, 15) is 23.1 Å². The van der Waals surface area contributed by atoms with Crippen molar-refractivity contribution in [3.8, 4) is 5.75 Å². The summed E-state index contributed by atoms with van der Waals surface area (Å²) in [7, 11) is 0. The lowest BCUT2D eigenvalue weighted by Gasteiger charge is -2.33. The predicted octanol–water partition coefficient (Wildman–Crippen LogP) is 5.61. The van der Waals surface area contributed by atoms with Gasteiger partial charge in [-0.15, -0.1) is 0 Å². The van der Waals surface area contributed by atoms with Gasteiger partial charge in [0.2, 0.25) is 0 Å². The third-order valence-corrected chi connectivity index (χ3v) is 6.80. The predicted molar refractivity (Wildman–Crippen MR) is 118 cm³/mol. The summed E-state index contributed by atoms with van der Waals surface area (Å²) in [6.45, 7) is 3.55. The smallest absolute Gasteiger partial charge is 0.416 e. The molecule has 178 valence electrons. The molecule has 1 N–H and O–H groups in total. The van der Waals surface area contributed by atoms with Gasteiger partial charge in [-0.25, -0.2) is 4.98 Å². The van der Waals surface area contributed by atoms with Crippen molar-refractivity contribution in [2.24, 2.45) is 17.8 Å². The molecule has 2 atom stereocenters. The number of rotatable bonds is 8. The average molecular weight is 463 g/mol. The third kappa shape index (κ3) is 5.78. The minimum Gasteiger partial charge on any atom is -0.493 e. The first-order valence-electron chi connectivity index (χ1n) is 11.5. The highest BCUT2D eigenvalue weighted by Gasteiger charge is 2.38. The van der Waals surface area contributed by atoms with Gasteiger partial charge < -0.3 is 14.7 Å². The van der Waals surface area contributed by atoms with Gasteiger partial charge in [0.15, 0.2) is 0 Å². The lowest BCUT2D eigenvalue weighted by atomic mass is 9.83. The fraction of sp³-hybridized carbons (Fsp3) is 0.520. The van der Waals surface area contributed by atoms with Gasteiger partial charge in [-0.05, 0) is 73.3 Å². The number of piperidine rings is 1. The summed E-state index contributed by atoms with van der Waals surface area (Å²) in [5.74, 6) is 0.581. The second-order valence-corrected chi connectivity index (χ2v) is 9.20. The quantitative estimate of drug-likeness (QED) is 0.553. The van der Waals surface area contributed by atoms with Crippen LogP contribution < -0.4 is 9.64 Å². The topological polar surface area (TPSA) is 62.7 Å². The number of alkyl halides is 3. The van der Waals surface area contributed by atoms with Crippen LogP contribution in [0.1, 0.15) is 49.7 Å². The molecule has 1 aliphatic heterocycles. The zero-order valence-corrected chi connectivity index (χ0v) is 18.6. The Labute approximate surface area is 191 Å². The molecule has 1 aromatic carbocycles. The van der Waals surface area contributed by atoms with Gasteiger partial charge in [0.1, 0.15) is 11.6 Å². The number of carboxylic acids is 1. The van der Waals surface area contributed by atoms with Crippen LogP contribution in [0.3, 0.4) is 0 Å². The SMILES string of the molecule is CC(C(=O)O)C(c1cccc(OCC2CCN(c3cc(C(F)(F)F)ccn3)CC2)c1)C1CC1. The Kier molecular flexibility index (Phi) is 6.81. The van der Waals surface area contributed by atoms with Crippen molar-refractivity contribution in [1.82, 2.24) is 4.98 Å². The second kappa shape index (κ2) is 9.61. The Morgan fingerprint density at radius 3 is 2.55 bits per heavy atom. The number of hydrogen-bond donors (Lipinski definition) is 1. The Balaban J connectivity index is 1.32. The highest BCUT2D eigenvalue weighted by molar-refractivity contribution is 5.71. The van der Waals surface area contributed by atoms with E-state index in [0.29, 0.717) is 37.4 Å². The van der Waals surface area contributed by atoms with Crippen LogP contribution in [0.4, 0.5) is 19.0 Å². The fourth-order valence-corrected chi connectivity index (χ4v) is 4.70. The van der Waals surface area contributed by atoms with Gasteiger partial charge in [-0.2, -0.15) is 13.2 Å². The molecule has 1 saturated carbocycles. The van der Waals surface area contributed by atoms with Gasteiger partial charge in [-0.3, -0.25) is 4.79 Å². The molecule has 4 rings (SSSR count). The van der Waals surface area contributed by atoms with Crippen LogP contribution in [0.15, 0.2) is 42.6 Å². The van der Waals surface area contributed by atoms with Gasteiger partial charge in [-0.1, -0.05) is 19.1 Å². The van der Waals surface area contributed by atoms with Gasteiger partial charge >= 0.3 is 12.1 Å². The van der Waals surface area contributed by atoms with Crippen LogP contribution in [-0.4, -0.2) is 35.8 Å². The first-order chi connectivity index (χ1) is 15.7. The molecule has 1 aliphatic carbocycles. The molecule has 2 aromatic rings. The van der Waals surface area contributed by atoms with Gasteiger partial charge in [0, 0.05) is 19.3 Å². The number of ether oxygens (including phenoxy) is 1. The molecular formula is C25H29F3N2O3. The van der Waals surface area contributed by atoms with E-state index < -0.39 is 23.6 Å². The number of benzene rings is 1. The average Bonchev–Trinajstić information content (AvgIpc) is 3.63. The van der Waals surface area contributed by atoms with Crippen molar-refractivity contribution < 1.29 is 27.8 Å². The van der Waals surface area contributed by atoms with Crippen LogP contribution in [0, 0.1) is 17.8 Å². The molecule has 0 amide bonds. The Hall–Kier alpha value is -2.77. The maximum Gasteiger partial charge on any atom is 0.416 e. The summed E-state index contributed by atoms with van der Waals surface area (Å²) in [6, 6.07) is 9.84.